The number of aliphatic hydroxyl groups is 1. The molecule has 0 aliphatic rings. The highest BCUT2D eigenvalue weighted by Crippen LogP contribution is 2.22. The highest BCUT2D eigenvalue weighted by atomic mass is 35.5. The summed E-state index contributed by atoms with van der Waals surface area (Å²) in [4.78, 5) is 0. The lowest BCUT2D eigenvalue weighted by Gasteiger charge is -2.09. The molecule has 13 heavy (non-hydrogen) atoms. The van der Waals surface area contributed by atoms with Crippen LogP contribution in [0.5, 0.6) is 0 Å². The van der Waals surface area contributed by atoms with Crippen LogP contribution in [0.2, 0.25) is 5.02 Å². The Morgan fingerprint density at radius 1 is 1.38 bits per heavy atom. The van der Waals surface area contributed by atoms with Crippen LogP contribution in [0, 0.1) is 11.6 Å². The molecular formula is C8H8ClF2NO. The van der Waals surface area contributed by atoms with Crippen molar-refractivity contribution in [3.8, 4) is 0 Å². The summed E-state index contributed by atoms with van der Waals surface area (Å²) in [5.74, 6) is -1.75. The zero-order valence-electron chi connectivity index (χ0n) is 6.60. The summed E-state index contributed by atoms with van der Waals surface area (Å²) >= 11 is 5.24. The lowest BCUT2D eigenvalue weighted by molar-refractivity contribution is 0.267. The molecule has 0 radical (unpaired) electrons. The zero-order valence-corrected chi connectivity index (χ0v) is 7.35. The predicted molar refractivity (Wildman–Crippen MR) is 45.4 cm³/mol. The van der Waals surface area contributed by atoms with Crippen molar-refractivity contribution in [2.45, 2.75) is 6.04 Å². The number of halogens is 3. The summed E-state index contributed by atoms with van der Waals surface area (Å²) in [5.41, 5.74) is 5.54. The van der Waals surface area contributed by atoms with E-state index >= 15 is 0 Å². The van der Waals surface area contributed by atoms with Crippen LogP contribution in [-0.4, -0.2) is 11.7 Å². The van der Waals surface area contributed by atoms with Gasteiger partial charge in [-0.15, -0.1) is 0 Å². The van der Waals surface area contributed by atoms with Crippen LogP contribution >= 0.6 is 11.6 Å². The molecular weight excluding hydrogens is 200 g/mol. The monoisotopic (exact) mass is 207 g/mol. The number of hydrogen-bond donors (Lipinski definition) is 2. The van der Waals surface area contributed by atoms with Gasteiger partial charge in [-0.05, 0) is 17.7 Å². The van der Waals surface area contributed by atoms with E-state index in [1.165, 1.54) is 0 Å². The Bertz CT molecular complexity index is 296. The van der Waals surface area contributed by atoms with Gasteiger partial charge in [0.05, 0.1) is 12.6 Å². The van der Waals surface area contributed by atoms with Gasteiger partial charge >= 0.3 is 0 Å². The van der Waals surface area contributed by atoms with Crippen molar-refractivity contribution in [1.82, 2.24) is 0 Å². The quantitative estimate of drug-likeness (QED) is 0.724. The minimum Gasteiger partial charge on any atom is -0.394 e. The lowest BCUT2D eigenvalue weighted by atomic mass is 10.1. The van der Waals surface area contributed by atoms with E-state index in [1.54, 1.807) is 0 Å². The molecule has 0 amide bonds. The molecule has 0 bridgehead atoms. The molecule has 2 nitrogen and oxygen atoms in total. The zero-order chi connectivity index (χ0) is 10.0. The van der Waals surface area contributed by atoms with E-state index in [0.717, 1.165) is 12.1 Å². The minimum atomic E-state index is -0.874. The van der Waals surface area contributed by atoms with Gasteiger partial charge in [0.25, 0.3) is 0 Å². The molecule has 0 aromatic heterocycles. The minimum absolute atomic E-state index is 0.182. The van der Waals surface area contributed by atoms with Gasteiger partial charge in [-0.2, -0.15) is 0 Å². The summed E-state index contributed by atoms with van der Waals surface area (Å²) in [6.45, 7) is -0.374. The predicted octanol–water partition coefficient (Wildman–Crippen LogP) is 1.61. The van der Waals surface area contributed by atoms with Crippen molar-refractivity contribution >= 4 is 11.6 Å². The van der Waals surface area contributed by atoms with Gasteiger partial charge in [0, 0.05) is 0 Å². The maximum absolute atomic E-state index is 12.8. The summed E-state index contributed by atoms with van der Waals surface area (Å²) in [6.07, 6.45) is 0. The molecule has 1 aromatic rings. The van der Waals surface area contributed by atoms with E-state index in [9.17, 15) is 8.78 Å². The number of rotatable bonds is 2. The van der Waals surface area contributed by atoms with Gasteiger partial charge in [0.2, 0.25) is 0 Å². The van der Waals surface area contributed by atoms with Crippen molar-refractivity contribution in [3.63, 3.8) is 0 Å². The van der Waals surface area contributed by atoms with Crippen LogP contribution in [0.4, 0.5) is 8.78 Å². The first-order chi connectivity index (χ1) is 6.06. The first-order valence-electron chi connectivity index (χ1n) is 3.57. The van der Waals surface area contributed by atoms with Gasteiger partial charge in [-0.3, -0.25) is 0 Å². The third kappa shape index (κ3) is 2.15. The van der Waals surface area contributed by atoms with Crippen molar-refractivity contribution in [2.75, 3.05) is 6.61 Å². The summed E-state index contributed by atoms with van der Waals surface area (Å²) in [6, 6.07) is 1.22. The Labute approximate surface area is 78.9 Å². The van der Waals surface area contributed by atoms with E-state index in [2.05, 4.69) is 0 Å². The molecule has 1 aromatic carbocycles. The molecule has 0 heterocycles. The van der Waals surface area contributed by atoms with Crippen LogP contribution in [0.25, 0.3) is 0 Å². The normalized spacial score (nSPS) is 13.0. The molecule has 0 fully saturated rings. The maximum atomic E-state index is 12.8. The number of benzene rings is 1. The Morgan fingerprint density at radius 2 is 1.85 bits per heavy atom. The average Bonchev–Trinajstić information content (AvgIpc) is 2.12. The van der Waals surface area contributed by atoms with Crippen LogP contribution in [0.1, 0.15) is 11.6 Å². The van der Waals surface area contributed by atoms with E-state index in [1.807, 2.05) is 0 Å². The molecule has 1 rings (SSSR count). The summed E-state index contributed by atoms with van der Waals surface area (Å²) < 4.78 is 25.7. The SMILES string of the molecule is N[C@H](CO)c1cc(F)c(Cl)c(F)c1. The molecule has 1 atom stereocenters. The Hall–Kier alpha value is -0.710. The molecule has 0 saturated heterocycles. The summed E-state index contributed by atoms with van der Waals surface area (Å²) in [7, 11) is 0. The fourth-order valence-corrected chi connectivity index (χ4v) is 1.00. The van der Waals surface area contributed by atoms with E-state index in [0.29, 0.717) is 0 Å². The second-order valence-electron chi connectivity index (χ2n) is 2.59. The van der Waals surface area contributed by atoms with Crippen LogP contribution in [-0.2, 0) is 0 Å². The molecule has 0 spiro atoms. The first kappa shape index (κ1) is 10.4. The highest BCUT2D eigenvalue weighted by molar-refractivity contribution is 6.30. The van der Waals surface area contributed by atoms with Gasteiger partial charge in [-0.1, -0.05) is 11.6 Å². The molecule has 5 heteroatoms. The highest BCUT2D eigenvalue weighted by Gasteiger charge is 2.12. The van der Waals surface area contributed by atoms with E-state index in [4.69, 9.17) is 22.4 Å². The smallest absolute Gasteiger partial charge is 0.145 e. The molecule has 0 saturated carbocycles. The van der Waals surface area contributed by atoms with Crippen molar-refractivity contribution in [3.05, 3.63) is 34.4 Å². The fraction of sp³-hybridized carbons (Fsp3) is 0.250. The molecule has 0 aliphatic heterocycles. The van der Waals surface area contributed by atoms with Gasteiger partial charge in [-0.25, -0.2) is 8.78 Å². The second-order valence-corrected chi connectivity index (χ2v) is 2.97. The second kappa shape index (κ2) is 4.00. The average molecular weight is 208 g/mol. The Kier molecular flexibility index (Phi) is 3.19. The molecule has 3 N–H and O–H groups in total. The molecule has 0 aliphatic carbocycles. The van der Waals surface area contributed by atoms with Gasteiger partial charge < -0.3 is 10.8 Å². The maximum Gasteiger partial charge on any atom is 0.145 e. The standard InChI is InChI=1S/C8H8ClF2NO/c9-8-5(10)1-4(2-6(8)11)7(12)3-13/h1-2,7,13H,3,12H2/t7-/m1/s1. The topological polar surface area (TPSA) is 46.2 Å². The van der Waals surface area contributed by atoms with Gasteiger partial charge in [0.1, 0.15) is 16.7 Å². The van der Waals surface area contributed by atoms with Gasteiger partial charge in [0.15, 0.2) is 0 Å². The number of nitrogens with two attached hydrogens (primary N) is 1. The van der Waals surface area contributed by atoms with Crippen molar-refractivity contribution < 1.29 is 13.9 Å². The molecule has 72 valence electrons. The van der Waals surface area contributed by atoms with Crippen molar-refractivity contribution in [1.29, 1.82) is 0 Å². The number of aliphatic hydroxyl groups excluding tert-OH is 1. The summed E-state index contributed by atoms with van der Waals surface area (Å²) in [5, 5.41) is 8.08. The first-order valence-corrected chi connectivity index (χ1v) is 3.95. The fourth-order valence-electron chi connectivity index (χ4n) is 0.895. The Morgan fingerprint density at radius 3 is 2.23 bits per heavy atom. The van der Waals surface area contributed by atoms with Crippen LogP contribution in [0.3, 0.4) is 0 Å². The van der Waals surface area contributed by atoms with Crippen LogP contribution < -0.4 is 5.73 Å². The largest absolute Gasteiger partial charge is 0.394 e. The number of hydrogen-bond acceptors (Lipinski definition) is 2. The molecule has 0 unspecified atom stereocenters. The van der Waals surface area contributed by atoms with E-state index < -0.39 is 22.7 Å². The Balaban J connectivity index is 3.13. The third-order valence-corrected chi connectivity index (χ3v) is 1.99. The van der Waals surface area contributed by atoms with Crippen molar-refractivity contribution in [2.24, 2.45) is 5.73 Å². The van der Waals surface area contributed by atoms with Crippen LogP contribution in [0.15, 0.2) is 12.1 Å². The third-order valence-electron chi connectivity index (χ3n) is 1.63. The van der Waals surface area contributed by atoms with E-state index in [-0.39, 0.29) is 12.2 Å². The lowest BCUT2D eigenvalue weighted by Crippen LogP contribution is -2.15.